The van der Waals surface area contributed by atoms with Gasteiger partial charge in [0.05, 0.1) is 6.10 Å². The van der Waals surface area contributed by atoms with Gasteiger partial charge in [0.25, 0.3) is 0 Å². The summed E-state index contributed by atoms with van der Waals surface area (Å²) in [5, 5.41) is 9.43. The molecule has 0 aromatic carbocycles. The van der Waals surface area contributed by atoms with Gasteiger partial charge in [-0.25, -0.2) is 0 Å². The maximum atomic E-state index is 9.43. The molecule has 1 heterocycles. The molecular formula is C9H17NO. The Bertz CT molecular complexity index is 154. The van der Waals surface area contributed by atoms with Gasteiger partial charge >= 0.3 is 0 Å². The summed E-state index contributed by atoms with van der Waals surface area (Å²) in [5.41, 5.74) is 0.550. The molecule has 2 fully saturated rings. The molecule has 1 saturated carbocycles. The number of nitrogens with zero attached hydrogens (tertiary/aromatic N) is 1. The van der Waals surface area contributed by atoms with Crippen LogP contribution in [0.2, 0.25) is 0 Å². The number of hydrogen-bond acceptors (Lipinski definition) is 2. The van der Waals surface area contributed by atoms with Crippen molar-refractivity contribution in [1.29, 1.82) is 0 Å². The maximum Gasteiger partial charge on any atom is 0.0668 e. The largest absolute Gasteiger partial charge is 0.392 e. The fraction of sp³-hybridized carbons (Fsp3) is 1.00. The Morgan fingerprint density at radius 2 is 2.18 bits per heavy atom. The lowest BCUT2D eigenvalue weighted by Crippen LogP contribution is -2.46. The summed E-state index contributed by atoms with van der Waals surface area (Å²) in [6.45, 7) is 4.21. The number of hydrogen-bond donors (Lipinski definition) is 1. The summed E-state index contributed by atoms with van der Waals surface area (Å²) >= 11 is 0. The van der Waals surface area contributed by atoms with Gasteiger partial charge in [-0.3, -0.25) is 4.90 Å². The zero-order valence-corrected chi connectivity index (χ0v) is 7.21. The van der Waals surface area contributed by atoms with Crippen LogP contribution in [-0.4, -0.2) is 34.7 Å². The maximum absolute atomic E-state index is 9.43. The van der Waals surface area contributed by atoms with Crippen LogP contribution < -0.4 is 0 Å². The third-order valence-electron chi connectivity index (χ3n) is 3.25. The molecule has 1 unspecified atom stereocenters. The van der Waals surface area contributed by atoms with Crippen molar-refractivity contribution in [3.05, 3.63) is 0 Å². The van der Waals surface area contributed by atoms with Gasteiger partial charge in [0, 0.05) is 12.1 Å². The molecule has 0 radical (unpaired) electrons. The van der Waals surface area contributed by atoms with Gasteiger partial charge in [-0.15, -0.1) is 0 Å². The van der Waals surface area contributed by atoms with Crippen LogP contribution in [0.4, 0.5) is 0 Å². The molecule has 0 amide bonds. The van der Waals surface area contributed by atoms with Crippen molar-refractivity contribution in [2.24, 2.45) is 0 Å². The van der Waals surface area contributed by atoms with Crippen molar-refractivity contribution in [2.75, 3.05) is 13.1 Å². The molecular weight excluding hydrogens is 138 g/mol. The van der Waals surface area contributed by atoms with E-state index in [4.69, 9.17) is 0 Å². The van der Waals surface area contributed by atoms with Crippen LogP contribution in [-0.2, 0) is 0 Å². The average molecular weight is 155 g/mol. The van der Waals surface area contributed by atoms with Crippen molar-refractivity contribution in [3.63, 3.8) is 0 Å². The van der Waals surface area contributed by atoms with Crippen molar-refractivity contribution < 1.29 is 5.11 Å². The molecule has 2 rings (SSSR count). The second kappa shape index (κ2) is 2.46. The second-order valence-corrected chi connectivity index (χ2v) is 3.96. The minimum Gasteiger partial charge on any atom is -0.392 e. The van der Waals surface area contributed by atoms with Crippen molar-refractivity contribution >= 4 is 0 Å². The van der Waals surface area contributed by atoms with E-state index in [0.29, 0.717) is 5.54 Å². The minimum atomic E-state index is -0.0545. The summed E-state index contributed by atoms with van der Waals surface area (Å²) in [7, 11) is 0. The van der Waals surface area contributed by atoms with Crippen LogP contribution >= 0.6 is 0 Å². The summed E-state index contributed by atoms with van der Waals surface area (Å²) in [6, 6.07) is 0. The lowest BCUT2D eigenvalue weighted by Gasteiger charge is -2.37. The average Bonchev–Trinajstić information content (AvgIpc) is 2.76. The molecule has 0 bridgehead atoms. The quantitative estimate of drug-likeness (QED) is 0.610. The van der Waals surface area contributed by atoms with Gasteiger partial charge in [-0.2, -0.15) is 0 Å². The molecule has 0 aromatic rings. The van der Waals surface area contributed by atoms with Gasteiger partial charge in [-0.05, 0) is 32.2 Å². The van der Waals surface area contributed by atoms with E-state index in [1.54, 1.807) is 0 Å². The number of β-amino-alcohol motifs (C(OH)–C–C–N with tert-alkyl or cyclic N) is 1. The standard InChI is InChI=1S/C9H17NO/c1-2-10-7-8(11)3-4-9(10)5-6-9/h8,11H,2-7H2,1H3. The normalized spacial score (nSPS) is 36.0. The Balaban J connectivity index is 2.01. The Hall–Kier alpha value is -0.0800. The molecule has 2 nitrogen and oxygen atoms in total. The summed E-state index contributed by atoms with van der Waals surface area (Å²) < 4.78 is 0. The van der Waals surface area contributed by atoms with Crippen LogP contribution in [0, 0.1) is 0 Å². The first-order valence-electron chi connectivity index (χ1n) is 4.70. The monoisotopic (exact) mass is 155 g/mol. The van der Waals surface area contributed by atoms with Gasteiger partial charge in [0.1, 0.15) is 0 Å². The van der Waals surface area contributed by atoms with E-state index in [1.165, 1.54) is 19.3 Å². The topological polar surface area (TPSA) is 23.5 Å². The van der Waals surface area contributed by atoms with E-state index in [2.05, 4.69) is 11.8 Å². The van der Waals surface area contributed by atoms with Gasteiger partial charge < -0.3 is 5.11 Å². The molecule has 0 aromatic heterocycles. The fourth-order valence-corrected chi connectivity index (χ4v) is 2.31. The number of likely N-dealkylation sites (N-methyl/N-ethyl adjacent to an activating group) is 1. The SMILES string of the molecule is CCN1CC(O)CCC12CC2. The van der Waals surface area contributed by atoms with Crippen molar-refractivity contribution in [2.45, 2.75) is 44.2 Å². The van der Waals surface area contributed by atoms with Crippen LogP contribution in [0.1, 0.15) is 32.6 Å². The van der Waals surface area contributed by atoms with Gasteiger partial charge in [0.15, 0.2) is 0 Å². The molecule has 2 heteroatoms. The van der Waals surface area contributed by atoms with Crippen LogP contribution in [0.5, 0.6) is 0 Å². The predicted octanol–water partition coefficient (Wildman–Crippen LogP) is 0.996. The van der Waals surface area contributed by atoms with E-state index < -0.39 is 0 Å². The first-order valence-corrected chi connectivity index (χ1v) is 4.70. The fourth-order valence-electron chi connectivity index (χ4n) is 2.31. The summed E-state index contributed by atoms with van der Waals surface area (Å²) in [6.07, 6.45) is 4.93. The molecule has 1 aliphatic carbocycles. The predicted molar refractivity (Wildman–Crippen MR) is 44.5 cm³/mol. The molecule has 11 heavy (non-hydrogen) atoms. The van der Waals surface area contributed by atoms with Crippen LogP contribution in [0.15, 0.2) is 0 Å². The highest BCUT2D eigenvalue weighted by atomic mass is 16.3. The zero-order chi connectivity index (χ0) is 7.90. The highest BCUT2D eigenvalue weighted by Gasteiger charge is 2.49. The number of piperidine rings is 1. The Morgan fingerprint density at radius 1 is 1.45 bits per heavy atom. The molecule has 2 aliphatic rings. The second-order valence-electron chi connectivity index (χ2n) is 3.96. The number of likely N-dealkylation sites (tertiary alicyclic amines) is 1. The molecule has 1 N–H and O–H groups in total. The van der Waals surface area contributed by atoms with E-state index in [0.717, 1.165) is 19.5 Å². The van der Waals surface area contributed by atoms with Crippen molar-refractivity contribution in [3.8, 4) is 0 Å². The minimum absolute atomic E-state index is 0.0545. The number of aliphatic hydroxyl groups is 1. The molecule has 1 atom stereocenters. The molecule has 1 aliphatic heterocycles. The Labute approximate surface area is 68.2 Å². The highest BCUT2D eigenvalue weighted by Crippen LogP contribution is 2.47. The molecule has 1 spiro atoms. The van der Waals surface area contributed by atoms with E-state index in [1.807, 2.05) is 0 Å². The number of aliphatic hydroxyl groups excluding tert-OH is 1. The van der Waals surface area contributed by atoms with Gasteiger partial charge in [0.2, 0.25) is 0 Å². The van der Waals surface area contributed by atoms with Crippen LogP contribution in [0.3, 0.4) is 0 Å². The van der Waals surface area contributed by atoms with E-state index >= 15 is 0 Å². The highest BCUT2D eigenvalue weighted by molar-refractivity contribution is 5.06. The first-order chi connectivity index (χ1) is 5.27. The van der Waals surface area contributed by atoms with Crippen molar-refractivity contribution in [1.82, 2.24) is 4.90 Å². The van der Waals surface area contributed by atoms with E-state index in [-0.39, 0.29) is 6.10 Å². The van der Waals surface area contributed by atoms with Gasteiger partial charge in [-0.1, -0.05) is 6.92 Å². The summed E-state index contributed by atoms with van der Waals surface area (Å²) in [5.74, 6) is 0. The summed E-state index contributed by atoms with van der Waals surface area (Å²) in [4.78, 5) is 2.46. The Kier molecular flexibility index (Phi) is 1.69. The smallest absolute Gasteiger partial charge is 0.0668 e. The third kappa shape index (κ3) is 1.18. The lowest BCUT2D eigenvalue weighted by molar-refractivity contribution is 0.0278. The molecule has 64 valence electrons. The van der Waals surface area contributed by atoms with Crippen LogP contribution in [0.25, 0.3) is 0 Å². The number of rotatable bonds is 1. The first kappa shape index (κ1) is 7.56. The Morgan fingerprint density at radius 3 is 2.73 bits per heavy atom. The lowest BCUT2D eigenvalue weighted by atomic mass is 9.98. The zero-order valence-electron chi connectivity index (χ0n) is 7.21. The van der Waals surface area contributed by atoms with E-state index in [9.17, 15) is 5.11 Å². The third-order valence-corrected chi connectivity index (χ3v) is 3.25. The molecule has 1 saturated heterocycles.